The van der Waals surface area contributed by atoms with E-state index in [1.807, 2.05) is 72.8 Å². The van der Waals surface area contributed by atoms with E-state index < -0.39 is 0 Å². The Bertz CT molecular complexity index is 1510. The molecule has 38 heavy (non-hydrogen) atoms. The fourth-order valence-corrected chi connectivity index (χ4v) is 5.04. The van der Waals surface area contributed by atoms with Crippen molar-refractivity contribution < 1.29 is 23.8 Å². The third kappa shape index (κ3) is 5.79. The molecule has 4 aromatic rings. The highest BCUT2D eigenvalue weighted by atomic mass is 35.5. The number of rotatable bonds is 9. The van der Waals surface area contributed by atoms with E-state index in [4.69, 9.17) is 25.8 Å². The minimum absolute atomic E-state index is 0.159. The summed E-state index contributed by atoms with van der Waals surface area (Å²) in [6.45, 7) is 0.714. The molecule has 0 radical (unpaired) electrons. The zero-order chi connectivity index (χ0) is 26.5. The second-order valence-corrected chi connectivity index (χ2v) is 9.91. The minimum atomic E-state index is -0.344. The number of hydrogen-bond donors (Lipinski definition) is 0. The molecule has 192 valence electrons. The first-order valence-electron chi connectivity index (χ1n) is 11.9. The molecule has 0 bridgehead atoms. The third-order valence-corrected chi connectivity index (χ3v) is 7.15. The lowest BCUT2D eigenvalue weighted by Crippen LogP contribution is -2.32. The summed E-state index contributed by atoms with van der Waals surface area (Å²) >= 11 is 6.85. The van der Waals surface area contributed by atoms with Crippen LogP contribution >= 0.6 is 23.4 Å². The van der Waals surface area contributed by atoms with Crippen LogP contribution in [0.4, 0.5) is 4.79 Å². The van der Waals surface area contributed by atoms with Gasteiger partial charge in [-0.05, 0) is 64.7 Å². The second-order valence-electron chi connectivity index (χ2n) is 8.48. The van der Waals surface area contributed by atoms with E-state index in [1.165, 1.54) is 4.90 Å². The minimum Gasteiger partial charge on any atom is -0.493 e. The Hall–Kier alpha value is -3.94. The molecule has 4 aromatic carbocycles. The molecule has 0 unspecified atom stereocenters. The Kier molecular flexibility index (Phi) is 7.86. The van der Waals surface area contributed by atoms with E-state index in [0.29, 0.717) is 28.0 Å². The number of amides is 2. The van der Waals surface area contributed by atoms with Gasteiger partial charge in [0.15, 0.2) is 11.5 Å². The lowest BCUT2D eigenvalue weighted by Gasteiger charge is -2.14. The quantitative estimate of drug-likeness (QED) is 0.207. The van der Waals surface area contributed by atoms with Crippen LogP contribution in [-0.4, -0.2) is 36.3 Å². The van der Waals surface area contributed by atoms with Gasteiger partial charge in [0.25, 0.3) is 11.1 Å². The fourth-order valence-electron chi connectivity index (χ4n) is 4.05. The molecule has 1 aliphatic heterocycles. The molecule has 1 fully saturated rings. The first kappa shape index (κ1) is 25.7. The number of thioether (sulfide) groups is 1. The topological polar surface area (TPSA) is 65.1 Å². The zero-order valence-electron chi connectivity index (χ0n) is 20.6. The molecular weight excluding hydrogens is 522 g/mol. The third-order valence-electron chi connectivity index (χ3n) is 5.99. The van der Waals surface area contributed by atoms with Gasteiger partial charge in [0, 0.05) is 10.4 Å². The molecular formula is C30H24ClNO5S. The van der Waals surface area contributed by atoms with Gasteiger partial charge in [-0.25, -0.2) is 0 Å². The van der Waals surface area contributed by atoms with Crippen molar-refractivity contribution in [3.8, 4) is 17.2 Å². The van der Waals surface area contributed by atoms with Crippen LogP contribution in [0.2, 0.25) is 5.02 Å². The number of nitrogens with zero attached hydrogens (tertiary/aromatic N) is 1. The zero-order valence-corrected chi connectivity index (χ0v) is 22.1. The average molecular weight is 546 g/mol. The molecule has 6 nitrogen and oxygen atoms in total. The predicted octanol–water partition coefficient (Wildman–Crippen LogP) is 7.20. The van der Waals surface area contributed by atoms with Gasteiger partial charge < -0.3 is 14.2 Å². The summed E-state index contributed by atoms with van der Waals surface area (Å²) < 4.78 is 17.3. The van der Waals surface area contributed by atoms with E-state index in [2.05, 4.69) is 0 Å². The van der Waals surface area contributed by atoms with E-state index in [1.54, 1.807) is 25.3 Å². The number of carbonyl (C=O) groups is 2. The highest BCUT2D eigenvalue weighted by molar-refractivity contribution is 8.18. The van der Waals surface area contributed by atoms with E-state index >= 15 is 0 Å². The van der Waals surface area contributed by atoms with Crippen LogP contribution in [-0.2, 0) is 11.4 Å². The van der Waals surface area contributed by atoms with Crippen LogP contribution in [0.15, 0.2) is 89.8 Å². The Morgan fingerprint density at radius 3 is 2.47 bits per heavy atom. The molecule has 0 aliphatic carbocycles. The summed E-state index contributed by atoms with van der Waals surface area (Å²) in [4.78, 5) is 27.1. The Labute approximate surface area is 229 Å². The molecule has 5 rings (SSSR count). The molecule has 2 amide bonds. The number of fused-ring (bicyclic) bond motifs is 1. The van der Waals surface area contributed by atoms with Crippen molar-refractivity contribution in [2.24, 2.45) is 0 Å². The molecule has 8 heteroatoms. The second kappa shape index (κ2) is 11.6. The van der Waals surface area contributed by atoms with E-state index in [0.717, 1.165) is 39.4 Å². The van der Waals surface area contributed by atoms with Crippen molar-refractivity contribution in [3.63, 3.8) is 0 Å². The van der Waals surface area contributed by atoms with Crippen molar-refractivity contribution in [3.05, 3.63) is 106 Å². The maximum absolute atomic E-state index is 13.0. The molecule has 1 saturated heterocycles. The summed E-state index contributed by atoms with van der Waals surface area (Å²) in [5.74, 6) is 1.47. The van der Waals surface area contributed by atoms with Gasteiger partial charge in [-0.2, -0.15) is 0 Å². The molecule has 0 aromatic heterocycles. The number of halogens is 1. The van der Waals surface area contributed by atoms with Crippen LogP contribution < -0.4 is 14.2 Å². The standard InChI is InChI=1S/C30H24ClNO5S/c1-35-27-17-21(11-14-26(27)37-19-20-9-12-23(31)13-10-20)18-28-29(33)32(30(34)38-28)15-16-36-25-8-4-6-22-5-2-3-7-24(22)25/h2-14,17-18H,15-16,19H2,1H3/b28-18-. The monoisotopic (exact) mass is 545 g/mol. The largest absolute Gasteiger partial charge is 0.493 e. The van der Waals surface area contributed by atoms with Crippen LogP contribution in [0.5, 0.6) is 17.2 Å². The van der Waals surface area contributed by atoms with Gasteiger partial charge >= 0.3 is 0 Å². The summed E-state index contributed by atoms with van der Waals surface area (Å²) in [5, 5.41) is 2.39. The van der Waals surface area contributed by atoms with Crippen molar-refractivity contribution in [2.75, 3.05) is 20.3 Å². The van der Waals surface area contributed by atoms with Crippen molar-refractivity contribution in [1.29, 1.82) is 0 Å². The number of hydrogen-bond acceptors (Lipinski definition) is 6. The predicted molar refractivity (Wildman–Crippen MR) is 151 cm³/mol. The lowest BCUT2D eigenvalue weighted by molar-refractivity contribution is -0.123. The molecule has 0 atom stereocenters. The Morgan fingerprint density at radius 1 is 0.868 bits per heavy atom. The number of carbonyl (C=O) groups excluding carboxylic acids is 2. The number of ether oxygens (including phenoxy) is 3. The van der Waals surface area contributed by atoms with Gasteiger partial charge in [0.2, 0.25) is 0 Å². The number of benzene rings is 4. The normalized spacial score (nSPS) is 14.4. The molecule has 0 N–H and O–H groups in total. The van der Waals surface area contributed by atoms with E-state index in [9.17, 15) is 9.59 Å². The van der Waals surface area contributed by atoms with Gasteiger partial charge in [-0.1, -0.05) is 66.2 Å². The maximum Gasteiger partial charge on any atom is 0.293 e. The van der Waals surface area contributed by atoms with Crippen LogP contribution in [0.3, 0.4) is 0 Å². The summed E-state index contributed by atoms with van der Waals surface area (Å²) in [6.07, 6.45) is 1.68. The highest BCUT2D eigenvalue weighted by Gasteiger charge is 2.34. The summed E-state index contributed by atoms with van der Waals surface area (Å²) in [7, 11) is 1.55. The average Bonchev–Trinajstić information content (AvgIpc) is 3.20. The Morgan fingerprint density at radius 2 is 1.66 bits per heavy atom. The first-order valence-corrected chi connectivity index (χ1v) is 13.1. The smallest absolute Gasteiger partial charge is 0.293 e. The van der Waals surface area contributed by atoms with Gasteiger partial charge in [-0.3, -0.25) is 14.5 Å². The van der Waals surface area contributed by atoms with Crippen molar-refractivity contribution in [2.45, 2.75) is 6.61 Å². The first-order chi connectivity index (χ1) is 18.5. The van der Waals surface area contributed by atoms with Crippen molar-refractivity contribution >= 4 is 51.4 Å². The van der Waals surface area contributed by atoms with Gasteiger partial charge in [-0.15, -0.1) is 0 Å². The van der Waals surface area contributed by atoms with Crippen LogP contribution in [0.1, 0.15) is 11.1 Å². The number of methoxy groups -OCH3 is 1. The van der Waals surface area contributed by atoms with Gasteiger partial charge in [0.05, 0.1) is 18.6 Å². The molecule has 0 spiro atoms. The lowest BCUT2D eigenvalue weighted by atomic mass is 10.1. The SMILES string of the molecule is COc1cc(/C=C2\SC(=O)N(CCOc3cccc4ccccc34)C2=O)ccc1OCc1ccc(Cl)cc1. The molecule has 0 saturated carbocycles. The summed E-state index contributed by atoms with van der Waals surface area (Å²) in [6, 6.07) is 26.5. The molecule has 1 aliphatic rings. The van der Waals surface area contributed by atoms with Crippen molar-refractivity contribution in [1.82, 2.24) is 4.90 Å². The Balaban J connectivity index is 1.23. The van der Waals surface area contributed by atoms with Gasteiger partial charge in [0.1, 0.15) is 19.0 Å². The highest BCUT2D eigenvalue weighted by Crippen LogP contribution is 2.35. The number of imide groups is 1. The fraction of sp³-hybridized carbons (Fsp3) is 0.133. The van der Waals surface area contributed by atoms with E-state index in [-0.39, 0.29) is 24.3 Å². The van der Waals surface area contributed by atoms with Crippen LogP contribution in [0, 0.1) is 0 Å². The maximum atomic E-state index is 13.0. The summed E-state index contributed by atoms with van der Waals surface area (Å²) in [5.41, 5.74) is 1.69. The van der Waals surface area contributed by atoms with Crippen LogP contribution in [0.25, 0.3) is 16.8 Å². The molecule has 1 heterocycles.